The molecule has 2 aliphatic heterocycles. The van der Waals surface area contributed by atoms with Gasteiger partial charge in [0.1, 0.15) is 12.9 Å². The molecule has 0 saturated carbocycles. The molecule has 260 valence electrons. The van der Waals surface area contributed by atoms with Crippen LogP contribution in [0.5, 0.6) is 0 Å². The summed E-state index contributed by atoms with van der Waals surface area (Å²) >= 11 is 0. The first-order valence-electron chi connectivity index (χ1n) is 16.7. The molecular weight excluding hydrogens is 590 g/mol. The Morgan fingerprint density at radius 3 is 2.30 bits per heavy atom. The molecule has 10 heteroatoms. The highest BCUT2D eigenvalue weighted by Crippen LogP contribution is 2.38. The quantitative estimate of drug-likeness (QED) is 0.0798. The first-order chi connectivity index (χ1) is 21.9. The van der Waals surface area contributed by atoms with Crippen molar-refractivity contribution in [2.75, 3.05) is 40.8 Å². The Hall–Kier alpha value is -2.34. The third-order valence-electron chi connectivity index (χ3n) is 8.45. The average Bonchev–Trinajstić information content (AvgIpc) is 3.36. The second kappa shape index (κ2) is 17.7. The molecule has 0 aromatic heterocycles. The molecule has 1 N–H and O–H groups in total. The minimum Gasteiger partial charge on any atom is -0.467 e. The van der Waals surface area contributed by atoms with Crippen LogP contribution in [0.2, 0.25) is 0 Å². The van der Waals surface area contributed by atoms with Crippen molar-refractivity contribution in [3.8, 4) is 0 Å². The van der Waals surface area contributed by atoms with Crippen molar-refractivity contribution in [1.82, 2.24) is 5.32 Å². The number of nitrogens with one attached hydrogen (secondary N) is 1. The van der Waals surface area contributed by atoms with E-state index in [1.54, 1.807) is 38.1 Å². The van der Waals surface area contributed by atoms with Gasteiger partial charge < -0.3 is 38.5 Å². The van der Waals surface area contributed by atoms with E-state index in [2.05, 4.69) is 32.2 Å². The zero-order valence-corrected chi connectivity index (χ0v) is 29.1. The molecule has 1 aromatic rings. The lowest BCUT2D eigenvalue weighted by Crippen LogP contribution is -2.67. The fourth-order valence-corrected chi connectivity index (χ4v) is 5.98. The molecule has 3 atom stereocenters. The van der Waals surface area contributed by atoms with Crippen LogP contribution in [-0.4, -0.2) is 82.0 Å². The van der Waals surface area contributed by atoms with E-state index in [-0.39, 0.29) is 18.8 Å². The molecule has 2 fully saturated rings. The van der Waals surface area contributed by atoms with Gasteiger partial charge in [-0.1, -0.05) is 70.4 Å². The monoisotopic (exact) mass is 647 g/mol. The van der Waals surface area contributed by atoms with Gasteiger partial charge in [-0.25, -0.2) is 4.79 Å². The van der Waals surface area contributed by atoms with E-state index in [4.69, 9.17) is 33.2 Å². The van der Waals surface area contributed by atoms with Crippen molar-refractivity contribution < 1.29 is 42.7 Å². The highest BCUT2D eigenvalue weighted by Gasteiger charge is 2.58. The van der Waals surface area contributed by atoms with Crippen LogP contribution in [0.25, 0.3) is 0 Å². The Labute approximate surface area is 275 Å². The van der Waals surface area contributed by atoms with Crippen LogP contribution < -0.4 is 5.32 Å². The second-order valence-corrected chi connectivity index (χ2v) is 13.7. The fraction of sp³-hybridized carbons (Fsp3) is 0.722. The minimum atomic E-state index is -1.71. The highest BCUT2D eigenvalue weighted by atomic mass is 16.8. The summed E-state index contributed by atoms with van der Waals surface area (Å²) in [7, 11) is 2.76. The Morgan fingerprint density at radius 1 is 0.957 bits per heavy atom. The Bertz CT molecular complexity index is 1100. The molecule has 2 heterocycles. The van der Waals surface area contributed by atoms with Crippen LogP contribution in [0.3, 0.4) is 0 Å². The van der Waals surface area contributed by atoms with E-state index in [1.807, 2.05) is 12.1 Å². The van der Waals surface area contributed by atoms with Crippen LogP contribution >= 0.6 is 0 Å². The molecule has 3 rings (SSSR count). The molecule has 0 unspecified atom stereocenters. The topological polar surface area (TPSA) is 111 Å². The molecule has 10 nitrogen and oxygen atoms in total. The van der Waals surface area contributed by atoms with Crippen LogP contribution in [0, 0.1) is 5.41 Å². The zero-order valence-electron chi connectivity index (χ0n) is 29.1. The van der Waals surface area contributed by atoms with Crippen molar-refractivity contribution in [3.05, 3.63) is 48.0 Å². The highest BCUT2D eigenvalue weighted by molar-refractivity contribution is 5.98. The van der Waals surface area contributed by atoms with E-state index in [0.29, 0.717) is 25.2 Å². The van der Waals surface area contributed by atoms with Gasteiger partial charge in [-0.3, -0.25) is 4.79 Å². The molecule has 1 aromatic carbocycles. The van der Waals surface area contributed by atoms with Gasteiger partial charge in [0.2, 0.25) is 0 Å². The van der Waals surface area contributed by atoms with E-state index in [9.17, 15) is 9.59 Å². The number of ether oxygens (including phenoxy) is 7. The zero-order chi connectivity index (χ0) is 33.7. The largest absolute Gasteiger partial charge is 0.467 e. The lowest BCUT2D eigenvalue weighted by atomic mass is 9.87. The lowest BCUT2D eigenvalue weighted by Gasteiger charge is -2.44. The number of carbonyl (C=O) groups excluding carboxylic acids is 2. The number of rotatable bonds is 19. The standard InChI is InChI=1S/C36H57NO9/c1-8-9-10-17-22-35(43-24-33(2,3)25-44-35)23-18-12-11-16-21-29-30(46-34(4,5)45-29)36(32(39)41-7,26-42-27-40-6)37-31(38)28-19-14-13-15-20-28/h11,13-16,19-20,29-30H,8-10,12,17-18,21-27H2,1-7H3,(H,37,38)/t29-,30+,36+/m1/s1. The molecule has 0 aliphatic carbocycles. The van der Waals surface area contributed by atoms with E-state index >= 15 is 0 Å². The average molecular weight is 648 g/mol. The first-order valence-corrected chi connectivity index (χ1v) is 16.7. The smallest absolute Gasteiger partial charge is 0.336 e. The van der Waals surface area contributed by atoms with Crippen LogP contribution in [0.1, 0.15) is 103 Å². The number of esters is 1. The van der Waals surface area contributed by atoms with Gasteiger partial charge in [0, 0.05) is 30.9 Å². The van der Waals surface area contributed by atoms with Gasteiger partial charge in [-0.2, -0.15) is 0 Å². The van der Waals surface area contributed by atoms with E-state index in [0.717, 1.165) is 32.1 Å². The summed E-state index contributed by atoms with van der Waals surface area (Å²) in [5.74, 6) is -2.70. The molecule has 2 aliphatic rings. The summed E-state index contributed by atoms with van der Waals surface area (Å²) in [6.45, 7) is 11.2. The van der Waals surface area contributed by atoms with Gasteiger partial charge >= 0.3 is 5.97 Å². The number of methoxy groups -OCH3 is 2. The van der Waals surface area contributed by atoms with Crippen molar-refractivity contribution in [1.29, 1.82) is 0 Å². The maximum absolute atomic E-state index is 13.6. The lowest BCUT2D eigenvalue weighted by molar-refractivity contribution is -0.305. The SMILES string of the molecule is CCCCCCC1(CCCC=CC[C@H]2OC(C)(C)O[C@@H]2[C@](COCOC)(NC(=O)c2ccccc2)C(=O)OC)OCC(C)(C)CO1. The van der Waals surface area contributed by atoms with Crippen molar-refractivity contribution in [2.24, 2.45) is 5.41 Å². The third-order valence-corrected chi connectivity index (χ3v) is 8.45. The normalized spacial score (nSPS) is 23.2. The number of hydrogen-bond donors (Lipinski definition) is 1. The fourth-order valence-electron chi connectivity index (χ4n) is 5.98. The first kappa shape index (κ1) is 38.1. The molecule has 46 heavy (non-hydrogen) atoms. The molecule has 0 spiro atoms. The maximum Gasteiger partial charge on any atom is 0.336 e. The van der Waals surface area contributed by atoms with Crippen LogP contribution in [-0.2, 0) is 38.0 Å². The van der Waals surface area contributed by atoms with E-state index < -0.39 is 41.2 Å². The summed E-state index contributed by atoms with van der Waals surface area (Å²) in [4.78, 5) is 27.0. The Kier molecular flexibility index (Phi) is 14.7. The molecule has 1 amide bonds. The van der Waals surface area contributed by atoms with Crippen molar-refractivity contribution in [2.45, 2.75) is 122 Å². The van der Waals surface area contributed by atoms with Gasteiger partial charge in [-0.15, -0.1) is 0 Å². The summed E-state index contributed by atoms with van der Waals surface area (Å²) in [5, 5.41) is 2.90. The number of unbranched alkanes of at least 4 members (excludes halogenated alkanes) is 4. The maximum atomic E-state index is 13.6. The Balaban J connectivity index is 1.72. The van der Waals surface area contributed by atoms with E-state index in [1.165, 1.54) is 33.5 Å². The minimum absolute atomic E-state index is 0.0229. The third kappa shape index (κ3) is 10.9. The number of amides is 1. The predicted octanol–water partition coefficient (Wildman–Crippen LogP) is 6.33. The van der Waals surface area contributed by atoms with Gasteiger partial charge in [0.15, 0.2) is 17.1 Å². The second-order valence-electron chi connectivity index (χ2n) is 13.7. The van der Waals surface area contributed by atoms with Crippen LogP contribution in [0.4, 0.5) is 0 Å². The summed E-state index contributed by atoms with van der Waals surface area (Å²) in [6.07, 6.45) is 11.3. The molecule has 2 saturated heterocycles. The summed E-state index contributed by atoms with van der Waals surface area (Å²) < 4.78 is 41.4. The number of carbonyl (C=O) groups is 2. The molecule has 0 radical (unpaired) electrons. The number of hydrogen-bond acceptors (Lipinski definition) is 9. The number of allylic oxidation sites excluding steroid dienone is 1. The molecular formula is C36H57NO9. The van der Waals surface area contributed by atoms with Gasteiger partial charge in [-0.05, 0) is 51.7 Å². The summed E-state index contributed by atoms with van der Waals surface area (Å²) in [6, 6.07) is 8.66. The van der Waals surface area contributed by atoms with Crippen molar-refractivity contribution in [3.63, 3.8) is 0 Å². The van der Waals surface area contributed by atoms with Crippen LogP contribution in [0.15, 0.2) is 42.5 Å². The summed E-state index contributed by atoms with van der Waals surface area (Å²) in [5.41, 5.74) is -1.30. The predicted molar refractivity (Wildman–Crippen MR) is 175 cm³/mol. The Morgan fingerprint density at radius 2 is 1.65 bits per heavy atom. The van der Waals surface area contributed by atoms with Gasteiger partial charge in [0.25, 0.3) is 5.91 Å². The molecule has 0 bridgehead atoms. The van der Waals surface area contributed by atoms with Crippen molar-refractivity contribution >= 4 is 11.9 Å². The van der Waals surface area contributed by atoms with Gasteiger partial charge in [0.05, 0.1) is 33.0 Å². The number of benzene rings is 1.